The molecule has 0 aromatic heterocycles. The predicted octanol–water partition coefficient (Wildman–Crippen LogP) is -1.76. The first kappa shape index (κ1) is 22.9. The summed E-state index contributed by atoms with van der Waals surface area (Å²) >= 11 is 0. The third kappa shape index (κ3) is 216. The summed E-state index contributed by atoms with van der Waals surface area (Å²) in [7, 11) is -4.64. The van der Waals surface area contributed by atoms with Gasteiger partial charge in [0.25, 0.3) is 0 Å². The van der Waals surface area contributed by atoms with E-state index < -0.39 is 7.82 Å². The topological polar surface area (TPSA) is 109 Å². The summed E-state index contributed by atoms with van der Waals surface area (Å²) in [5.41, 5.74) is 0. The maximum atomic E-state index is 8.88. The van der Waals surface area contributed by atoms with Gasteiger partial charge in [0.15, 0.2) is 0 Å². The molecule has 0 unspecified atom stereocenters. The Bertz CT molecular complexity index is 58.6. The Hall–Kier alpha value is 1.11. The van der Waals surface area contributed by atoms with E-state index in [0.717, 1.165) is 0 Å². The summed E-state index contributed by atoms with van der Waals surface area (Å²) in [5, 5.41) is 0. The van der Waals surface area contributed by atoms with E-state index in [1.807, 2.05) is 0 Å². The van der Waals surface area contributed by atoms with E-state index in [1.54, 1.807) is 0 Å². The van der Waals surface area contributed by atoms with Crippen LogP contribution in [0.25, 0.3) is 0 Å². The van der Waals surface area contributed by atoms with Crippen molar-refractivity contribution in [1.82, 2.24) is 0 Å². The number of rotatable bonds is 0. The Morgan fingerprint density at radius 1 is 1.12 bits per heavy atom. The summed E-state index contributed by atoms with van der Waals surface area (Å²) < 4.78 is 8.88. The molecule has 0 aromatic carbocycles. The molecule has 1 radical (unpaired) electrons. The fraction of sp³-hybridized carbons (Fsp3) is 0. The van der Waals surface area contributed by atoms with Gasteiger partial charge in [-0.15, -0.1) is 0 Å². The SMILES string of the molecule is O.O=P(O)(O)O.[Cu].[Fe]. The van der Waals surface area contributed by atoms with Crippen molar-refractivity contribution in [2.75, 3.05) is 0 Å². The minimum absolute atomic E-state index is 0. The molecular weight excluding hydrogens is 230 g/mol. The van der Waals surface area contributed by atoms with Crippen LogP contribution >= 0.6 is 7.82 Å². The van der Waals surface area contributed by atoms with E-state index in [4.69, 9.17) is 19.2 Å². The Morgan fingerprint density at radius 3 is 1.12 bits per heavy atom. The van der Waals surface area contributed by atoms with Gasteiger partial charge in [0.05, 0.1) is 0 Å². The van der Waals surface area contributed by atoms with Gasteiger partial charge < -0.3 is 20.2 Å². The van der Waals surface area contributed by atoms with E-state index in [0.29, 0.717) is 0 Å². The van der Waals surface area contributed by atoms with E-state index >= 15 is 0 Å². The van der Waals surface area contributed by atoms with Gasteiger partial charge >= 0.3 is 7.82 Å². The molecule has 0 bridgehead atoms. The van der Waals surface area contributed by atoms with Crippen molar-refractivity contribution in [3.63, 3.8) is 0 Å². The molecule has 0 spiro atoms. The number of phosphoric acid groups is 1. The van der Waals surface area contributed by atoms with Crippen LogP contribution in [0.15, 0.2) is 0 Å². The summed E-state index contributed by atoms with van der Waals surface area (Å²) in [6, 6.07) is 0. The fourth-order valence-corrected chi connectivity index (χ4v) is 0. The largest absolute Gasteiger partial charge is 0.466 e. The van der Waals surface area contributed by atoms with Crippen LogP contribution in [0.2, 0.25) is 0 Å². The maximum absolute atomic E-state index is 8.88. The van der Waals surface area contributed by atoms with E-state index in [1.165, 1.54) is 0 Å². The first-order valence-corrected chi connectivity index (χ1v) is 2.35. The summed E-state index contributed by atoms with van der Waals surface area (Å²) in [5.74, 6) is 0. The molecule has 0 aromatic rings. The Labute approximate surface area is 67.0 Å². The molecule has 59 valence electrons. The third-order valence-electron chi connectivity index (χ3n) is 0. The zero-order valence-electron chi connectivity index (χ0n) is 3.35. The Morgan fingerprint density at radius 2 is 1.12 bits per heavy atom. The van der Waals surface area contributed by atoms with Crippen molar-refractivity contribution >= 4 is 7.82 Å². The van der Waals surface area contributed by atoms with Crippen LogP contribution in [-0.2, 0) is 38.7 Å². The average Bonchev–Trinajstić information content (AvgIpc) is 0.722. The Kier molecular flexibility index (Phi) is 23.3. The molecule has 8 heavy (non-hydrogen) atoms. The van der Waals surface area contributed by atoms with Crippen LogP contribution in [-0.4, -0.2) is 20.2 Å². The minimum atomic E-state index is -4.64. The normalized spacial score (nSPS) is 7.38. The van der Waals surface area contributed by atoms with Crippen molar-refractivity contribution in [3.8, 4) is 0 Å². The van der Waals surface area contributed by atoms with Crippen LogP contribution in [0.1, 0.15) is 0 Å². The van der Waals surface area contributed by atoms with E-state index in [9.17, 15) is 0 Å². The van der Waals surface area contributed by atoms with Crippen LogP contribution in [0.4, 0.5) is 0 Å². The summed E-state index contributed by atoms with van der Waals surface area (Å²) in [6.07, 6.45) is 0. The second kappa shape index (κ2) is 8.11. The number of hydrogen-bond acceptors (Lipinski definition) is 1. The standard InChI is InChI=1S/Cu.Fe.H3O4P.H2O/c;;1-5(2,3)4;/h;;(H3,1,2,3,4);1H2. The van der Waals surface area contributed by atoms with Gasteiger partial charge in [-0.1, -0.05) is 0 Å². The van der Waals surface area contributed by atoms with Crippen molar-refractivity contribution < 1.29 is 58.9 Å². The van der Waals surface area contributed by atoms with E-state index in [2.05, 4.69) is 0 Å². The molecular formula is H5CuFeO5P. The van der Waals surface area contributed by atoms with Crippen molar-refractivity contribution in [1.29, 1.82) is 0 Å². The quantitative estimate of drug-likeness (QED) is 0.341. The van der Waals surface area contributed by atoms with Crippen molar-refractivity contribution in [3.05, 3.63) is 0 Å². The van der Waals surface area contributed by atoms with Crippen LogP contribution in [0.3, 0.4) is 0 Å². The minimum Gasteiger partial charge on any atom is -0.412 e. The zero-order valence-corrected chi connectivity index (χ0v) is 6.29. The zero-order chi connectivity index (χ0) is 4.50. The van der Waals surface area contributed by atoms with Crippen LogP contribution < -0.4 is 0 Å². The second-order valence-corrected chi connectivity index (χ2v) is 1.54. The number of hydrogen-bond donors (Lipinski definition) is 3. The van der Waals surface area contributed by atoms with Gasteiger partial charge in [0.1, 0.15) is 0 Å². The van der Waals surface area contributed by atoms with Gasteiger partial charge in [0.2, 0.25) is 0 Å². The van der Waals surface area contributed by atoms with Gasteiger partial charge in [0, 0.05) is 34.1 Å². The molecule has 0 heterocycles. The summed E-state index contributed by atoms with van der Waals surface area (Å²) in [6.45, 7) is 0. The predicted molar refractivity (Wildman–Crippen MR) is 17.9 cm³/mol. The molecule has 5 nitrogen and oxygen atoms in total. The Balaban J connectivity index is -0.0000000267. The average molecular weight is 235 g/mol. The van der Waals surface area contributed by atoms with Gasteiger partial charge in [-0.2, -0.15) is 0 Å². The third-order valence-corrected chi connectivity index (χ3v) is 0. The molecule has 8 heteroatoms. The first-order chi connectivity index (χ1) is 2.00. The van der Waals surface area contributed by atoms with Crippen LogP contribution in [0, 0.1) is 0 Å². The van der Waals surface area contributed by atoms with Gasteiger partial charge in [-0.05, 0) is 0 Å². The monoisotopic (exact) mass is 235 g/mol. The molecule has 0 amide bonds. The fourth-order valence-electron chi connectivity index (χ4n) is 0. The molecule has 0 saturated heterocycles. The smallest absolute Gasteiger partial charge is 0.412 e. The molecule has 0 atom stereocenters. The molecule has 0 aliphatic heterocycles. The van der Waals surface area contributed by atoms with Gasteiger partial charge in [-0.3, -0.25) is 0 Å². The maximum Gasteiger partial charge on any atom is 0.466 e. The molecule has 0 aliphatic rings. The molecule has 0 rings (SSSR count). The van der Waals surface area contributed by atoms with E-state index in [-0.39, 0.29) is 39.6 Å². The first-order valence-electron chi connectivity index (χ1n) is 0.783. The second-order valence-electron chi connectivity index (χ2n) is 0.513. The van der Waals surface area contributed by atoms with Gasteiger partial charge in [-0.25, -0.2) is 4.57 Å². The summed E-state index contributed by atoms with van der Waals surface area (Å²) in [4.78, 5) is 21.6. The molecule has 0 saturated carbocycles. The van der Waals surface area contributed by atoms with Crippen molar-refractivity contribution in [2.24, 2.45) is 0 Å². The molecule has 0 fully saturated rings. The molecule has 5 N–H and O–H groups in total. The van der Waals surface area contributed by atoms with Crippen LogP contribution in [0.5, 0.6) is 0 Å². The van der Waals surface area contributed by atoms with Crippen molar-refractivity contribution in [2.45, 2.75) is 0 Å². The molecule has 0 aliphatic carbocycles.